The van der Waals surface area contributed by atoms with E-state index in [0.29, 0.717) is 0 Å². The van der Waals surface area contributed by atoms with Gasteiger partial charge in [-0.3, -0.25) is 4.79 Å². The van der Waals surface area contributed by atoms with Crippen molar-refractivity contribution in [3.8, 4) is 0 Å². The van der Waals surface area contributed by atoms with Gasteiger partial charge in [0, 0.05) is 29.7 Å². The zero-order valence-electron chi connectivity index (χ0n) is 16.1. The van der Waals surface area contributed by atoms with Gasteiger partial charge in [0.05, 0.1) is 5.56 Å². The SMILES string of the molecule is Cc1ccc(Cn2cc(C(=O)NC3CCN(C)CC3)c3ccccc32)cc1. The Bertz CT molecular complexity index is 934. The van der Waals surface area contributed by atoms with Crippen LogP contribution in [0.25, 0.3) is 10.9 Å². The predicted molar refractivity (Wildman–Crippen MR) is 110 cm³/mol. The number of hydrogen-bond donors (Lipinski definition) is 1. The number of rotatable bonds is 4. The first kappa shape index (κ1) is 17.8. The fraction of sp³-hybridized carbons (Fsp3) is 0.348. The number of carbonyl (C=O) groups excluding carboxylic acids is 1. The molecule has 2 aromatic carbocycles. The molecule has 2 heterocycles. The van der Waals surface area contributed by atoms with Crippen molar-refractivity contribution in [3.63, 3.8) is 0 Å². The van der Waals surface area contributed by atoms with Crippen LogP contribution in [0.4, 0.5) is 0 Å². The molecule has 4 rings (SSSR count). The smallest absolute Gasteiger partial charge is 0.253 e. The minimum absolute atomic E-state index is 0.0448. The van der Waals surface area contributed by atoms with Crippen LogP contribution in [0.1, 0.15) is 34.3 Å². The van der Waals surface area contributed by atoms with Gasteiger partial charge in [-0.05, 0) is 51.5 Å². The van der Waals surface area contributed by atoms with Crippen LogP contribution in [-0.4, -0.2) is 41.6 Å². The zero-order chi connectivity index (χ0) is 18.8. The summed E-state index contributed by atoms with van der Waals surface area (Å²) in [4.78, 5) is 15.3. The minimum Gasteiger partial charge on any atom is -0.349 e. The lowest BCUT2D eigenvalue weighted by atomic mass is 10.0. The lowest BCUT2D eigenvalue weighted by Gasteiger charge is -2.29. The molecule has 3 aromatic rings. The third-order valence-corrected chi connectivity index (χ3v) is 5.56. The summed E-state index contributed by atoms with van der Waals surface area (Å²) in [5.41, 5.74) is 4.38. The lowest BCUT2D eigenvalue weighted by Crippen LogP contribution is -2.43. The van der Waals surface area contributed by atoms with E-state index in [9.17, 15) is 4.79 Å². The second kappa shape index (κ2) is 7.57. The van der Waals surface area contributed by atoms with Crippen LogP contribution < -0.4 is 5.32 Å². The van der Waals surface area contributed by atoms with Crippen LogP contribution in [0.2, 0.25) is 0 Å². The molecular formula is C23H27N3O. The molecule has 27 heavy (non-hydrogen) atoms. The highest BCUT2D eigenvalue weighted by atomic mass is 16.1. The maximum Gasteiger partial charge on any atom is 0.253 e. The van der Waals surface area contributed by atoms with Gasteiger partial charge < -0.3 is 14.8 Å². The molecule has 0 spiro atoms. The molecule has 4 nitrogen and oxygen atoms in total. The maximum atomic E-state index is 13.0. The Morgan fingerprint density at radius 1 is 1.07 bits per heavy atom. The van der Waals surface area contributed by atoms with Gasteiger partial charge in [-0.25, -0.2) is 0 Å². The van der Waals surface area contributed by atoms with Crippen molar-refractivity contribution < 1.29 is 4.79 Å². The van der Waals surface area contributed by atoms with E-state index in [-0.39, 0.29) is 11.9 Å². The number of aryl methyl sites for hydroxylation is 1. The number of nitrogens with zero attached hydrogens (tertiary/aromatic N) is 2. The van der Waals surface area contributed by atoms with E-state index in [1.54, 1.807) is 0 Å². The first-order valence-electron chi connectivity index (χ1n) is 9.73. The molecule has 0 saturated carbocycles. The molecule has 0 radical (unpaired) electrons. The third kappa shape index (κ3) is 3.91. The van der Waals surface area contributed by atoms with Crippen molar-refractivity contribution in [2.75, 3.05) is 20.1 Å². The predicted octanol–water partition coefficient (Wildman–Crippen LogP) is 3.82. The van der Waals surface area contributed by atoms with Gasteiger partial charge in [-0.15, -0.1) is 0 Å². The van der Waals surface area contributed by atoms with Crippen LogP contribution in [0.15, 0.2) is 54.7 Å². The van der Waals surface area contributed by atoms with Gasteiger partial charge in [0.25, 0.3) is 5.91 Å². The largest absolute Gasteiger partial charge is 0.349 e. The molecule has 1 aliphatic heterocycles. The molecule has 1 N–H and O–H groups in total. The minimum atomic E-state index is 0.0448. The zero-order valence-corrected chi connectivity index (χ0v) is 16.1. The number of nitrogens with one attached hydrogen (secondary N) is 1. The number of aromatic nitrogens is 1. The Hall–Kier alpha value is -2.59. The van der Waals surface area contributed by atoms with Gasteiger partial charge in [-0.2, -0.15) is 0 Å². The van der Waals surface area contributed by atoms with Crippen molar-refractivity contribution in [1.82, 2.24) is 14.8 Å². The molecular weight excluding hydrogens is 334 g/mol. The normalized spacial score (nSPS) is 15.9. The summed E-state index contributed by atoms with van der Waals surface area (Å²) in [7, 11) is 2.14. The number of fused-ring (bicyclic) bond motifs is 1. The summed E-state index contributed by atoms with van der Waals surface area (Å²) in [6.07, 6.45) is 4.04. The van der Waals surface area contributed by atoms with Crippen molar-refractivity contribution >= 4 is 16.8 Å². The van der Waals surface area contributed by atoms with Crippen molar-refractivity contribution in [3.05, 3.63) is 71.4 Å². The van der Waals surface area contributed by atoms with E-state index in [0.717, 1.165) is 48.9 Å². The highest BCUT2D eigenvalue weighted by Gasteiger charge is 2.21. The molecule has 140 valence electrons. The summed E-state index contributed by atoms with van der Waals surface area (Å²) < 4.78 is 2.18. The monoisotopic (exact) mass is 361 g/mol. The molecule has 4 heteroatoms. The summed E-state index contributed by atoms with van der Waals surface area (Å²) in [6.45, 7) is 4.95. The second-order valence-corrected chi connectivity index (χ2v) is 7.72. The maximum absolute atomic E-state index is 13.0. The van der Waals surface area contributed by atoms with E-state index in [1.165, 1.54) is 11.1 Å². The van der Waals surface area contributed by atoms with E-state index >= 15 is 0 Å². The third-order valence-electron chi connectivity index (χ3n) is 5.56. The summed E-state index contributed by atoms with van der Waals surface area (Å²) in [6, 6.07) is 17.0. The van der Waals surface area contributed by atoms with Crippen molar-refractivity contribution in [1.29, 1.82) is 0 Å². The second-order valence-electron chi connectivity index (χ2n) is 7.72. The number of hydrogen-bond acceptors (Lipinski definition) is 2. The molecule has 0 aliphatic carbocycles. The van der Waals surface area contributed by atoms with E-state index in [1.807, 2.05) is 24.4 Å². The highest BCUT2D eigenvalue weighted by molar-refractivity contribution is 6.07. The van der Waals surface area contributed by atoms with Gasteiger partial charge in [0.15, 0.2) is 0 Å². The average Bonchev–Trinajstić information content (AvgIpc) is 3.04. The number of benzene rings is 2. The van der Waals surface area contributed by atoms with Gasteiger partial charge >= 0.3 is 0 Å². The first-order chi connectivity index (χ1) is 13.1. The van der Waals surface area contributed by atoms with Crippen molar-refractivity contribution in [2.45, 2.75) is 32.4 Å². The van der Waals surface area contributed by atoms with Gasteiger partial charge in [0.2, 0.25) is 0 Å². The summed E-state index contributed by atoms with van der Waals surface area (Å²) in [5.74, 6) is 0.0448. The van der Waals surface area contributed by atoms with Crippen LogP contribution in [0.5, 0.6) is 0 Å². The van der Waals surface area contributed by atoms with E-state index in [2.05, 4.69) is 59.1 Å². The fourth-order valence-corrected chi connectivity index (χ4v) is 3.86. The molecule has 1 amide bonds. The van der Waals surface area contributed by atoms with Crippen LogP contribution in [0, 0.1) is 6.92 Å². The average molecular weight is 361 g/mol. The number of carbonyl (C=O) groups is 1. The Labute approximate surface area is 160 Å². The summed E-state index contributed by atoms with van der Waals surface area (Å²) in [5, 5.41) is 4.28. The highest BCUT2D eigenvalue weighted by Crippen LogP contribution is 2.23. The van der Waals surface area contributed by atoms with E-state index in [4.69, 9.17) is 0 Å². The molecule has 0 unspecified atom stereocenters. The topological polar surface area (TPSA) is 37.3 Å². The number of piperidine rings is 1. The van der Waals surface area contributed by atoms with Crippen LogP contribution >= 0.6 is 0 Å². The Morgan fingerprint density at radius 2 is 1.78 bits per heavy atom. The van der Waals surface area contributed by atoms with Crippen LogP contribution in [0.3, 0.4) is 0 Å². The molecule has 1 aromatic heterocycles. The number of amides is 1. The van der Waals surface area contributed by atoms with Crippen LogP contribution in [-0.2, 0) is 6.54 Å². The quantitative estimate of drug-likeness (QED) is 0.767. The first-order valence-corrected chi connectivity index (χ1v) is 9.73. The number of para-hydroxylation sites is 1. The van der Waals surface area contributed by atoms with Gasteiger partial charge in [-0.1, -0.05) is 48.0 Å². The number of likely N-dealkylation sites (tertiary alicyclic amines) is 1. The van der Waals surface area contributed by atoms with E-state index < -0.39 is 0 Å². The Morgan fingerprint density at radius 3 is 2.52 bits per heavy atom. The molecule has 1 saturated heterocycles. The fourth-order valence-electron chi connectivity index (χ4n) is 3.86. The summed E-state index contributed by atoms with van der Waals surface area (Å²) >= 11 is 0. The standard InChI is InChI=1S/C23H27N3O/c1-17-7-9-18(10-8-17)15-26-16-21(20-5-3-4-6-22(20)26)23(27)24-19-11-13-25(2)14-12-19/h3-10,16,19H,11-15H2,1-2H3,(H,24,27). The molecule has 0 atom stereocenters. The Kier molecular flexibility index (Phi) is 4.99. The molecule has 0 bridgehead atoms. The lowest BCUT2D eigenvalue weighted by molar-refractivity contribution is 0.0918. The molecule has 1 aliphatic rings. The van der Waals surface area contributed by atoms with Crippen molar-refractivity contribution in [2.24, 2.45) is 0 Å². The van der Waals surface area contributed by atoms with Gasteiger partial charge in [0.1, 0.15) is 0 Å². The molecule has 1 fully saturated rings. The Balaban J connectivity index is 1.59.